The van der Waals surface area contributed by atoms with Gasteiger partial charge >= 0.3 is 0 Å². The molecule has 26 heavy (non-hydrogen) atoms. The predicted octanol–water partition coefficient (Wildman–Crippen LogP) is 4.19. The van der Waals surface area contributed by atoms with Gasteiger partial charge in [0.15, 0.2) is 11.5 Å². The minimum absolute atomic E-state index is 0.0665. The van der Waals surface area contributed by atoms with E-state index in [1.165, 1.54) is 31.5 Å². The molecule has 0 aromatic heterocycles. The summed E-state index contributed by atoms with van der Waals surface area (Å²) in [6.45, 7) is 5.90. The number of hydrogen-bond donors (Lipinski definition) is 1. The number of phenolic OH excluding ortho intramolecular Hbond substituents is 1. The summed E-state index contributed by atoms with van der Waals surface area (Å²) in [6.07, 6.45) is 3.68. The number of phenols is 1. The quantitative estimate of drug-likeness (QED) is 0.331. The lowest BCUT2D eigenvalue weighted by Gasteiger charge is -2.11. The average Bonchev–Trinajstić information content (AvgIpc) is 2.63. The Kier molecular flexibility index (Phi) is 6.32. The summed E-state index contributed by atoms with van der Waals surface area (Å²) in [5, 5.41) is 21.2. The maximum absolute atomic E-state index is 11.0. The Morgan fingerprint density at radius 2 is 2.08 bits per heavy atom. The number of benzene rings is 2. The number of non-ortho nitro benzene ring substituents is 1. The van der Waals surface area contributed by atoms with Gasteiger partial charge in [-0.15, -0.1) is 6.58 Å². The summed E-state index contributed by atoms with van der Waals surface area (Å²) in [5.41, 5.74) is 1.58. The summed E-state index contributed by atoms with van der Waals surface area (Å²) in [7, 11) is 1.47. The minimum atomic E-state index is -0.492. The van der Waals surface area contributed by atoms with Crippen molar-refractivity contribution in [2.45, 2.75) is 13.3 Å². The molecule has 0 radical (unpaired) electrons. The SMILES string of the molecule is C=CCc1cc(C=Nc2cc([N+](=O)[O-])ccc2OC)cc(OCC)c1O. The van der Waals surface area contributed by atoms with Crippen molar-refractivity contribution in [3.63, 3.8) is 0 Å². The molecule has 1 N–H and O–H groups in total. The van der Waals surface area contributed by atoms with Crippen molar-refractivity contribution in [3.8, 4) is 17.2 Å². The van der Waals surface area contributed by atoms with Crippen LogP contribution in [-0.4, -0.2) is 30.0 Å². The standard InChI is InChI=1S/C19H20N2O5/c1-4-6-14-9-13(10-18(19(14)22)26-5-2)12-20-16-11-15(21(23)24)7-8-17(16)25-3/h4,7-12,22H,1,5-6H2,2-3H3. The van der Waals surface area contributed by atoms with Crippen LogP contribution in [-0.2, 0) is 6.42 Å². The Balaban J connectivity index is 2.45. The monoisotopic (exact) mass is 356 g/mol. The van der Waals surface area contributed by atoms with Crippen LogP contribution >= 0.6 is 0 Å². The third-order valence-electron chi connectivity index (χ3n) is 3.57. The van der Waals surface area contributed by atoms with Crippen LogP contribution in [0.25, 0.3) is 0 Å². The van der Waals surface area contributed by atoms with Gasteiger partial charge in [-0.25, -0.2) is 0 Å². The second-order valence-electron chi connectivity index (χ2n) is 5.32. The zero-order valence-electron chi connectivity index (χ0n) is 14.6. The molecule has 2 rings (SSSR count). The Bertz CT molecular complexity index is 846. The molecule has 0 unspecified atom stereocenters. The molecule has 2 aromatic rings. The van der Waals surface area contributed by atoms with Gasteiger partial charge in [-0.2, -0.15) is 0 Å². The van der Waals surface area contributed by atoms with E-state index in [0.717, 1.165) is 0 Å². The topological polar surface area (TPSA) is 94.2 Å². The number of methoxy groups -OCH3 is 1. The van der Waals surface area contributed by atoms with Crippen LogP contribution in [0.5, 0.6) is 17.2 Å². The number of rotatable bonds is 8. The van der Waals surface area contributed by atoms with Crippen molar-refractivity contribution >= 4 is 17.6 Å². The van der Waals surface area contributed by atoms with Crippen LogP contribution in [0.2, 0.25) is 0 Å². The number of hydrogen-bond acceptors (Lipinski definition) is 6. The average molecular weight is 356 g/mol. The molecule has 7 nitrogen and oxygen atoms in total. The highest BCUT2D eigenvalue weighted by Gasteiger charge is 2.12. The van der Waals surface area contributed by atoms with Crippen LogP contribution in [0.1, 0.15) is 18.1 Å². The van der Waals surface area contributed by atoms with E-state index in [1.807, 2.05) is 6.92 Å². The van der Waals surface area contributed by atoms with Crippen molar-refractivity contribution in [1.82, 2.24) is 0 Å². The summed E-state index contributed by atoms with van der Waals surface area (Å²) >= 11 is 0. The molecule has 136 valence electrons. The number of aromatic hydroxyl groups is 1. The fraction of sp³-hybridized carbons (Fsp3) is 0.211. The molecule has 0 heterocycles. The van der Waals surface area contributed by atoms with E-state index >= 15 is 0 Å². The van der Waals surface area contributed by atoms with Gasteiger partial charge in [-0.1, -0.05) is 6.08 Å². The van der Waals surface area contributed by atoms with Gasteiger partial charge in [-0.3, -0.25) is 15.1 Å². The van der Waals surface area contributed by atoms with Crippen LogP contribution in [0.3, 0.4) is 0 Å². The van der Waals surface area contributed by atoms with Gasteiger partial charge in [-0.05, 0) is 37.1 Å². The molecule has 2 aromatic carbocycles. The lowest BCUT2D eigenvalue weighted by molar-refractivity contribution is -0.384. The van der Waals surface area contributed by atoms with Gasteiger partial charge in [0.1, 0.15) is 11.4 Å². The van der Waals surface area contributed by atoms with E-state index in [1.54, 1.807) is 18.2 Å². The van der Waals surface area contributed by atoms with Crippen molar-refractivity contribution in [2.75, 3.05) is 13.7 Å². The van der Waals surface area contributed by atoms with E-state index in [0.29, 0.717) is 41.3 Å². The molecule has 0 amide bonds. The van der Waals surface area contributed by atoms with E-state index in [4.69, 9.17) is 9.47 Å². The van der Waals surface area contributed by atoms with Crippen LogP contribution in [0.4, 0.5) is 11.4 Å². The molecule has 0 saturated heterocycles. The Morgan fingerprint density at radius 1 is 1.31 bits per heavy atom. The molecule has 0 aliphatic rings. The summed E-state index contributed by atoms with van der Waals surface area (Å²) in [4.78, 5) is 14.8. The first-order valence-corrected chi connectivity index (χ1v) is 7.96. The Hall–Kier alpha value is -3.35. The number of ether oxygens (including phenoxy) is 2. The van der Waals surface area contributed by atoms with Crippen molar-refractivity contribution in [2.24, 2.45) is 4.99 Å². The summed E-state index contributed by atoms with van der Waals surface area (Å²) in [6, 6.07) is 7.60. The van der Waals surface area contributed by atoms with Crippen LogP contribution in [0.15, 0.2) is 48.0 Å². The summed E-state index contributed by atoms with van der Waals surface area (Å²) < 4.78 is 10.6. The highest BCUT2D eigenvalue weighted by atomic mass is 16.6. The zero-order chi connectivity index (χ0) is 19.1. The first-order chi connectivity index (χ1) is 12.5. The van der Waals surface area contributed by atoms with E-state index in [2.05, 4.69) is 11.6 Å². The van der Waals surface area contributed by atoms with Gasteiger partial charge in [0.05, 0.1) is 18.6 Å². The highest BCUT2D eigenvalue weighted by Crippen LogP contribution is 2.34. The normalized spacial score (nSPS) is 10.7. The first-order valence-electron chi connectivity index (χ1n) is 7.96. The molecule has 0 aliphatic heterocycles. The smallest absolute Gasteiger partial charge is 0.271 e. The number of allylic oxidation sites excluding steroid dienone is 1. The van der Waals surface area contributed by atoms with Gasteiger partial charge in [0.25, 0.3) is 5.69 Å². The second kappa shape index (κ2) is 8.66. The van der Waals surface area contributed by atoms with E-state index < -0.39 is 4.92 Å². The van der Waals surface area contributed by atoms with E-state index in [-0.39, 0.29) is 11.4 Å². The molecule has 0 atom stereocenters. The maximum atomic E-state index is 11.0. The number of nitro groups is 1. The molecular weight excluding hydrogens is 336 g/mol. The van der Waals surface area contributed by atoms with Crippen molar-refractivity contribution < 1.29 is 19.5 Å². The van der Waals surface area contributed by atoms with Gasteiger partial charge in [0.2, 0.25) is 0 Å². The molecule has 7 heteroatoms. The molecular formula is C19H20N2O5. The lowest BCUT2D eigenvalue weighted by Crippen LogP contribution is -1.96. The minimum Gasteiger partial charge on any atom is -0.504 e. The number of nitro benzene ring substituents is 1. The largest absolute Gasteiger partial charge is 0.504 e. The summed E-state index contributed by atoms with van der Waals surface area (Å²) in [5.74, 6) is 0.832. The lowest BCUT2D eigenvalue weighted by atomic mass is 10.1. The maximum Gasteiger partial charge on any atom is 0.271 e. The highest BCUT2D eigenvalue weighted by molar-refractivity contribution is 5.84. The third-order valence-corrected chi connectivity index (χ3v) is 3.57. The molecule has 0 spiro atoms. The van der Waals surface area contributed by atoms with Crippen molar-refractivity contribution in [3.05, 3.63) is 64.2 Å². The zero-order valence-corrected chi connectivity index (χ0v) is 14.6. The molecule has 0 bridgehead atoms. The number of nitrogens with zero attached hydrogens (tertiary/aromatic N) is 2. The Morgan fingerprint density at radius 3 is 2.69 bits per heavy atom. The van der Waals surface area contributed by atoms with Crippen LogP contribution in [0, 0.1) is 10.1 Å². The van der Waals surface area contributed by atoms with Gasteiger partial charge in [0, 0.05) is 23.9 Å². The number of aliphatic imine (C=N–C) groups is 1. The fourth-order valence-electron chi connectivity index (χ4n) is 2.38. The molecule has 0 aliphatic carbocycles. The third kappa shape index (κ3) is 4.38. The second-order valence-corrected chi connectivity index (χ2v) is 5.32. The van der Waals surface area contributed by atoms with E-state index in [9.17, 15) is 15.2 Å². The molecule has 0 saturated carbocycles. The van der Waals surface area contributed by atoms with Gasteiger partial charge < -0.3 is 14.6 Å². The Labute approximate surface area is 151 Å². The predicted molar refractivity (Wildman–Crippen MR) is 100 cm³/mol. The van der Waals surface area contributed by atoms with Crippen molar-refractivity contribution in [1.29, 1.82) is 0 Å². The molecule has 0 fully saturated rings. The fourth-order valence-corrected chi connectivity index (χ4v) is 2.38. The first kappa shape index (κ1) is 19.0. The van der Waals surface area contributed by atoms with Crippen LogP contribution < -0.4 is 9.47 Å².